The molecule has 0 aromatic carbocycles. The lowest BCUT2D eigenvalue weighted by Crippen LogP contribution is -2.33. The smallest absolute Gasteiger partial charge is 0.238 e. The predicted molar refractivity (Wildman–Crippen MR) is 50.7 cm³/mol. The van der Waals surface area contributed by atoms with Gasteiger partial charge in [0.05, 0.1) is 16.8 Å². The van der Waals surface area contributed by atoms with Crippen LogP contribution in [-0.2, 0) is 10.2 Å². The van der Waals surface area contributed by atoms with Crippen LogP contribution in [0.1, 0.15) is 19.5 Å². The molecule has 0 spiro atoms. The third-order valence-corrected chi connectivity index (χ3v) is 2.58. The molecule has 2 heterocycles. The van der Waals surface area contributed by atoms with Crippen LogP contribution in [0.5, 0.6) is 0 Å². The van der Waals surface area contributed by atoms with Gasteiger partial charge in [0.1, 0.15) is 0 Å². The highest BCUT2D eigenvalue weighted by atomic mass is 16.2. The maximum atomic E-state index is 11.8. The highest BCUT2D eigenvalue weighted by Crippen LogP contribution is 2.38. The first-order chi connectivity index (χ1) is 6.05. The van der Waals surface area contributed by atoms with Crippen LogP contribution in [0, 0.1) is 0 Å². The molecule has 0 radical (unpaired) electrons. The second-order valence-corrected chi connectivity index (χ2v) is 3.86. The van der Waals surface area contributed by atoms with E-state index in [2.05, 4.69) is 4.98 Å². The van der Waals surface area contributed by atoms with Crippen LogP contribution in [0.25, 0.3) is 0 Å². The molecule has 0 N–H and O–H groups in total. The van der Waals surface area contributed by atoms with Crippen molar-refractivity contribution >= 4 is 11.6 Å². The molecule has 0 unspecified atom stereocenters. The van der Waals surface area contributed by atoms with E-state index < -0.39 is 5.41 Å². The van der Waals surface area contributed by atoms with Crippen LogP contribution < -0.4 is 4.90 Å². The van der Waals surface area contributed by atoms with E-state index in [0.717, 1.165) is 11.4 Å². The molecule has 3 heteroatoms. The summed E-state index contributed by atoms with van der Waals surface area (Å²) >= 11 is 0. The van der Waals surface area contributed by atoms with Gasteiger partial charge in [-0.25, -0.2) is 0 Å². The summed E-state index contributed by atoms with van der Waals surface area (Å²) in [7, 11) is 1.79. The molecule has 0 aliphatic carbocycles. The van der Waals surface area contributed by atoms with Gasteiger partial charge in [0.2, 0.25) is 5.91 Å². The Balaban J connectivity index is 2.68. The predicted octanol–water partition coefficient (Wildman–Crippen LogP) is 1.34. The van der Waals surface area contributed by atoms with Crippen molar-refractivity contribution in [3.8, 4) is 0 Å². The summed E-state index contributed by atoms with van der Waals surface area (Å²) < 4.78 is 0. The zero-order chi connectivity index (χ0) is 9.64. The molecule has 0 saturated heterocycles. The van der Waals surface area contributed by atoms with Gasteiger partial charge in [-0.2, -0.15) is 0 Å². The average molecular weight is 176 g/mol. The first kappa shape index (κ1) is 8.23. The number of nitrogens with zero attached hydrogens (tertiary/aromatic N) is 2. The molecular formula is C10H12N2O. The Morgan fingerprint density at radius 2 is 2.15 bits per heavy atom. The zero-order valence-electron chi connectivity index (χ0n) is 8.03. The number of carbonyl (C=O) groups excluding carboxylic acids is 1. The van der Waals surface area contributed by atoms with Gasteiger partial charge >= 0.3 is 0 Å². The van der Waals surface area contributed by atoms with Crippen LogP contribution in [0.2, 0.25) is 0 Å². The molecule has 3 nitrogen and oxygen atoms in total. The molecule has 1 aliphatic rings. The van der Waals surface area contributed by atoms with Crippen LogP contribution in [0.15, 0.2) is 18.3 Å². The van der Waals surface area contributed by atoms with Gasteiger partial charge in [0.15, 0.2) is 0 Å². The molecule has 0 atom stereocenters. The summed E-state index contributed by atoms with van der Waals surface area (Å²) in [6.45, 7) is 3.81. The number of amides is 1. The fourth-order valence-electron chi connectivity index (χ4n) is 1.78. The summed E-state index contributed by atoms with van der Waals surface area (Å²) in [5, 5.41) is 0. The summed E-state index contributed by atoms with van der Waals surface area (Å²) in [4.78, 5) is 17.7. The largest absolute Gasteiger partial charge is 0.313 e. The van der Waals surface area contributed by atoms with Crippen molar-refractivity contribution in [2.45, 2.75) is 19.3 Å². The monoisotopic (exact) mass is 176 g/mol. The fraction of sp³-hybridized carbons (Fsp3) is 0.400. The molecule has 1 amide bonds. The van der Waals surface area contributed by atoms with E-state index in [1.54, 1.807) is 18.1 Å². The third-order valence-electron chi connectivity index (χ3n) is 2.58. The van der Waals surface area contributed by atoms with Gasteiger partial charge in [-0.3, -0.25) is 9.78 Å². The molecule has 0 fully saturated rings. The minimum Gasteiger partial charge on any atom is -0.313 e. The molecule has 1 aromatic heterocycles. The van der Waals surface area contributed by atoms with Crippen molar-refractivity contribution in [3.63, 3.8) is 0 Å². The number of aromatic nitrogens is 1. The molecular weight excluding hydrogens is 164 g/mol. The normalized spacial score (nSPS) is 19.0. The van der Waals surface area contributed by atoms with Crippen molar-refractivity contribution in [3.05, 3.63) is 24.0 Å². The Morgan fingerprint density at radius 3 is 2.77 bits per heavy atom. The number of likely N-dealkylation sites (N-methyl/N-ethyl adjacent to an activating group) is 1. The number of hydrogen-bond donors (Lipinski definition) is 0. The Kier molecular flexibility index (Phi) is 1.46. The lowest BCUT2D eigenvalue weighted by molar-refractivity contribution is -0.121. The number of fused-ring (bicyclic) bond motifs is 1. The van der Waals surface area contributed by atoms with Crippen LogP contribution in [0.3, 0.4) is 0 Å². The van der Waals surface area contributed by atoms with E-state index >= 15 is 0 Å². The van der Waals surface area contributed by atoms with Crippen LogP contribution >= 0.6 is 0 Å². The van der Waals surface area contributed by atoms with E-state index in [1.165, 1.54) is 0 Å². The molecule has 1 aliphatic heterocycles. The molecule has 0 bridgehead atoms. The van der Waals surface area contributed by atoms with Crippen LogP contribution in [0.4, 0.5) is 5.69 Å². The van der Waals surface area contributed by atoms with Crippen molar-refractivity contribution in [1.82, 2.24) is 4.98 Å². The summed E-state index contributed by atoms with van der Waals surface area (Å²) in [5.41, 5.74) is 1.34. The third kappa shape index (κ3) is 0.899. The minimum atomic E-state index is -0.467. The molecule has 0 saturated carbocycles. The SMILES string of the molecule is CN1C(=O)C(C)(C)c2ncccc21. The second kappa shape index (κ2) is 2.31. The van der Waals surface area contributed by atoms with E-state index in [1.807, 2.05) is 26.0 Å². The van der Waals surface area contributed by atoms with E-state index in [0.29, 0.717) is 0 Å². The zero-order valence-corrected chi connectivity index (χ0v) is 8.03. The Labute approximate surface area is 77.4 Å². The van der Waals surface area contributed by atoms with Gasteiger partial charge in [0.25, 0.3) is 0 Å². The van der Waals surface area contributed by atoms with Gasteiger partial charge in [0, 0.05) is 13.2 Å². The standard InChI is InChI=1S/C10H12N2O/c1-10(2)8-7(5-4-6-11-8)12(3)9(10)13/h4-6H,1-3H3. The maximum absolute atomic E-state index is 11.8. The van der Waals surface area contributed by atoms with Gasteiger partial charge < -0.3 is 4.90 Å². The number of rotatable bonds is 0. The van der Waals surface area contributed by atoms with Gasteiger partial charge in [-0.05, 0) is 26.0 Å². The Hall–Kier alpha value is -1.38. The first-order valence-corrected chi connectivity index (χ1v) is 4.29. The summed E-state index contributed by atoms with van der Waals surface area (Å²) in [5.74, 6) is 0.112. The molecule has 13 heavy (non-hydrogen) atoms. The minimum absolute atomic E-state index is 0.112. The van der Waals surface area contributed by atoms with E-state index in [4.69, 9.17) is 0 Å². The molecule has 1 aromatic rings. The van der Waals surface area contributed by atoms with Crippen LogP contribution in [-0.4, -0.2) is 17.9 Å². The highest BCUT2D eigenvalue weighted by Gasteiger charge is 2.43. The lowest BCUT2D eigenvalue weighted by atomic mass is 9.90. The van der Waals surface area contributed by atoms with E-state index in [-0.39, 0.29) is 5.91 Å². The quantitative estimate of drug-likeness (QED) is 0.597. The highest BCUT2D eigenvalue weighted by molar-refractivity contribution is 6.06. The van der Waals surface area contributed by atoms with Crippen molar-refractivity contribution in [1.29, 1.82) is 0 Å². The molecule has 68 valence electrons. The topological polar surface area (TPSA) is 33.2 Å². The second-order valence-electron chi connectivity index (χ2n) is 3.86. The Morgan fingerprint density at radius 1 is 1.46 bits per heavy atom. The Bertz CT molecular complexity index is 371. The lowest BCUT2D eigenvalue weighted by Gasteiger charge is -2.15. The van der Waals surface area contributed by atoms with Crippen molar-refractivity contribution in [2.24, 2.45) is 0 Å². The number of carbonyl (C=O) groups is 1. The summed E-state index contributed by atoms with van der Waals surface area (Å²) in [6.07, 6.45) is 1.73. The fourth-order valence-corrected chi connectivity index (χ4v) is 1.78. The number of pyridine rings is 1. The number of anilines is 1. The summed E-state index contributed by atoms with van der Waals surface area (Å²) in [6, 6.07) is 3.78. The number of hydrogen-bond acceptors (Lipinski definition) is 2. The molecule has 2 rings (SSSR count). The van der Waals surface area contributed by atoms with E-state index in [9.17, 15) is 4.79 Å². The average Bonchev–Trinajstić information content (AvgIpc) is 2.30. The van der Waals surface area contributed by atoms with Gasteiger partial charge in [-0.15, -0.1) is 0 Å². The van der Waals surface area contributed by atoms with Crippen molar-refractivity contribution in [2.75, 3.05) is 11.9 Å². The van der Waals surface area contributed by atoms with Gasteiger partial charge in [-0.1, -0.05) is 0 Å². The first-order valence-electron chi connectivity index (χ1n) is 4.29. The van der Waals surface area contributed by atoms with Crippen molar-refractivity contribution < 1.29 is 4.79 Å². The maximum Gasteiger partial charge on any atom is 0.238 e.